The number of hydrogen-bond acceptors (Lipinski definition) is 1. The molecule has 0 heterocycles. The van der Waals surface area contributed by atoms with Crippen molar-refractivity contribution in [1.29, 1.82) is 0 Å². The van der Waals surface area contributed by atoms with Gasteiger partial charge in [-0.3, -0.25) is 0 Å². The van der Waals surface area contributed by atoms with Crippen molar-refractivity contribution >= 4 is 0 Å². The van der Waals surface area contributed by atoms with E-state index in [1.807, 2.05) is 6.07 Å². The predicted octanol–water partition coefficient (Wildman–Crippen LogP) is 0.359. The van der Waals surface area contributed by atoms with Gasteiger partial charge in [-0.2, -0.15) is 0 Å². The molecular weight excluding hydrogens is 191 g/mol. The largest absolute Gasteiger partial charge is 1.00 e. The summed E-state index contributed by atoms with van der Waals surface area (Å²) in [4.78, 5) is 0. The van der Waals surface area contributed by atoms with Crippen LogP contribution in [0, 0.1) is 0 Å². The first kappa shape index (κ1) is 15.6. The fourth-order valence-corrected chi connectivity index (χ4v) is 1.58. The Kier molecular flexibility index (Phi) is 4.74. The summed E-state index contributed by atoms with van der Waals surface area (Å²) < 4.78 is 0. The van der Waals surface area contributed by atoms with E-state index in [4.69, 9.17) is 0 Å². The van der Waals surface area contributed by atoms with Gasteiger partial charge in [0.25, 0.3) is 0 Å². The van der Waals surface area contributed by atoms with E-state index in [9.17, 15) is 5.11 Å². The van der Waals surface area contributed by atoms with Crippen LogP contribution in [0.5, 0.6) is 5.75 Å². The van der Waals surface area contributed by atoms with Crippen molar-refractivity contribution < 1.29 is 24.0 Å². The molecule has 84 valence electrons. The molecule has 0 aliphatic rings. The SMILES string of the molecule is CC(C)(C)c1ccc([O-])c(C(C)(C)C)c1.[Li+]. The molecule has 0 amide bonds. The summed E-state index contributed by atoms with van der Waals surface area (Å²) in [6.45, 7) is 12.7. The second kappa shape index (κ2) is 4.86. The first-order valence-corrected chi connectivity index (χ1v) is 5.44. The molecule has 0 unspecified atom stereocenters. The molecule has 1 rings (SSSR count). The quantitative estimate of drug-likeness (QED) is 0.569. The number of rotatable bonds is 0. The second-order valence-corrected chi connectivity index (χ2v) is 6.21. The van der Waals surface area contributed by atoms with E-state index in [2.05, 4.69) is 47.6 Å². The maximum Gasteiger partial charge on any atom is 1.00 e. The Hall–Kier alpha value is -0.383. The molecule has 0 bridgehead atoms. The molecule has 0 N–H and O–H groups in total. The van der Waals surface area contributed by atoms with E-state index in [1.165, 1.54) is 5.56 Å². The summed E-state index contributed by atoms with van der Waals surface area (Å²) in [6, 6.07) is 5.70. The molecule has 2 heteroatoms. The maximum atomic E-state index is 11.7. The summed E-state index contributed by atoms with van der Waals surface area (Å²) >= 11 is 0. The van der Waals surface area contributed by atoms with Gasteiger partial charge < -0.3 is 5.11 Å². The molecule has 0 radical (unpaired) electrons. The van der Waals surface area contributed by atoms with Gasteiger partial charge in [0.05, 0.1) is 0 Å². The van der Waals surface area contributed by atoms with Gasteiger partial charge in [0, 0.05) is 0 Å². The monoisotopic (exact) mass is 212 g/mol. The molecular formula is C14H21LiO. The zero-order valence-corrected chi connectivity index (χ0v) is 11.6. The second-order valence-electron chi connectivity index (χ2n) is 6.21. The molecule has 0 spiro atoms. The Bertz CT molecular complexity index is 356. The van der Waals surface area contributed by atoms with E-state index < -0.39 is 0 Å². The van der Waals surface area contributed by atoms with Crippen molar-refractivity contribution in [1.82, 2.24) is 0 Å². The van der Waals surface area contributed by atoms with Crippen LogP contribution in [0.4, 0.5) is 0 Å². The van der Waals surface area contributed by atoms with Gasteiger partial charge >= 0.3 is 18.9 Å². The van der Waals surface area contributed by atoms with Gasteiger partial charge in [-0.15, -0.1) is 5.75 Å². The molecule has 0 fully saturated rings. The van der Waals surface area contributed by atoms with Crippen LogP contribution in [0.25, 0.3) is 0 Å². The Morgan fingerprint density at radius 1 is 0.875 bits per heavy atom. The van der Waals surface area contributed by atoms with E-state index in [-0.39, 0.29) is 35.4 Å². The standard InChI is InChI=1S/C14H22O.Li/c1-13(2,3)10-7-8-12(15)11(9-10)14(4,5)6;/h7-9,15H,1-6H3;/q;+1/p-1. The first-order valence-electron chi connectivity index (χ1n) is 5.44. The Morgan fingerprint density at radius 2 is 1.38 bits per heavy atom. The normalized spacial score (nSPS) is 12.1. The molecule has 0 atom stereocenters. The van der Waals surface area contributed by atoms with Crippen LogP contribution in [-0.4, -0.2) is 0 Å². The summed E-state index contributed by atoms with van der Waals surface area (Å²) in [6.07, 6.45) is 0. The third-order valence-corrected chi connectivity index (χ3v) is 2.65. The predicted molar refractivity (Wildman–Crippen MR) is 63.3 cm³/mol. The van der Waals surface area contributed by atoms with Crippen LogP contribution in [0.2, 0.25) is 0 Å². The van der Waals surface area contributed by atoms with E-state index in [0.717, 1.165) is 5.56 Å². The Balaban J connectivity index is 0.00000225. The minimum atomic E-state index is -0.0711. The third-order valence-electron chi connectivity index (χ3n) is 2.65. The van der Waals surface area contributed by atoms with Crippen molar-refractivity contribution in [3.8, 4) is 5.75 Å². The number of hydrogen-bond donors (Lipinski definition) is 0. The molecule has 1 aromatic rings. The molecule has 0 saturated heterocycles. The molecule has 1 nitrogen and oxygen atoms in total. The van der Waals surface area contributed by atoms with E-state index in [0.29, 0.717) is 0 Å². The minimum absolute atomic E-state index is 0. The van der Waals surface area contributed by atoms with Gasteiger partial charge in [0.2, 0.25) is 0 Å². The fraction of sp³-hybridized carbons (Fsp3) is 0.571. The van der Waals surface area contributed by atoms with Gasteiger partial charge in [0.1, 0.15) is 0 Å². The summed E-state index contributed by atoms with van der Waals surface area (Å²) in [5.41, 5.74) is 2.17. The van der Waals surface area contributed by atoms with Crippen molar-refractivity contribution in [2.75, 3.05) is 0 Å². The number of benzene rings is 1. The van der Waals surface area contributed by atoms with Crippen molar-refractivity contribution in [2.45, 2.75) is 52.4 Å². The fourth-order valence-electron chi connectivity index (χ4n) is 1.58. The summed E-state index contributed by atoms with van der Waals surface area (Å²) in [5, 5.41) is 11.7. The zero-order valence-electron chi connectivity index (χ0n) is 11.6. The van der Waals surface area contributed by atoms with Crippen LogP contribution in [0.3, 0.4) is 0 Å². The topological polar surface area (TPSA) is 23.1 Å². The van der Waals surface area contributed by atoms with Crippen molar-refractivity contribution in [3.63, 3.8) is 0 Å². The summed E-state index contributed by atoms with van der Waals surface area (Å²) in [5.74, 6) is 0.149. The van der Waals surface area contributed by atoms with Crippen molar-refractivity contribution in [3.05, 3.63) is 29.3 Å². The third kappa shape index (κ3) is 3.58. The average Bonchev–Trinajstić information content (AvgIpc) is 2.00. The van der Waals surface area contributed by atoms with Crippen molar-refractivity contribution in [2.24, 2.45) is 0 Å². The minimum Gasteiger partial charge on any atom is -0.872 e. The van der Waals surface area contributed by atoms with Crippen LogP contribution in [0.1, 0.15) is 52.7 Å². The smallest absolute Gasteiger partial charge is 0.872 e. The molecule has 0 aliphatic carbocycles. The molecule has 1 aromatic carbocycles. The molecule has 0 saturated carbocycles. The van der Waals surface area contributed by atoms with E-state index >= 15 is 0 Å². The maximum absolute atomic E-state index is 11.7. The van der Waals surface area contributed by atoms with Gasteiger partial charge in [-0.25, -0.2) is 0 Å². The van der Waals surface area contributed by atoms with Gasteiger partial charge in [0.15, 0.2) is 0 Å². The van der Waals surface area contributed by atoms with Crippen LogP contribution >= 0.6 is 0 Å². The molecule has 0 aliphatic heterocycles. The Labute approximate surface area is 111 Å². The molecule has 0 aromatic heterocycles. The average molecular weight is 212 g/mol. The molecule has 16 heavy (non-hydrogen) atoms. The van der Waals surface area contributed by atoms with E-state index in [1.54, 1.807) is 6.07 Å². The van der Waals surface area contributed by atoms with Crippen LogP contribution in [0.15, 0.2) is 18.2 Å². The Morgan fingerprint density at radius 3 is 1.75 bits per heavy atom. The van der Waals surface area contributed by atoms with Gasteiger partial charge in [-0.05, 0) is 16.4 Å². The first-order chi connectivity index (χ1) is 6.62. The zero-order chi connectivity index (χ0) is 11.9. The summed E-state index contributed by atoms with van der Waals surface area (Å²) in [7, 11) is 0. The van der Waals surface area contributed by atoms with Crippen LogP contribution in [-0.2, 0) is 10.8 Å². The van der Waals surface area contributed by atoms with Crippen LogP contribution < -0.4 is 24.0 Å². The van der Waals surface area contributed by atoms with Gasteiger partial charge in [-0.1, -0.05) is 65.3 Å².